The first kappa shape index (κ1) is 98.1. The fourth-order valence-electron chi connectivity index (χ4n) is 0. The first-order valence-electron chi connectivity index (χ1n) is 1.82. The van der Waals surface area contributed by atoms with E-state index < -0.39 is 10.2 Å². The van der Waals surface area contributed by atoms with Crippen LogP contribution in [0.1, 0.15) is 6.92 Å². The van der Waals surface area contributed by atoms with Gasteiger partial charge in [-0.2, -0.15) is 5.26 Å². The van der Waals surface area contributed by atoms with Crippen LogP contribution in [0, 0.1) is 42.0 Å². The monoisotopic (exact) mass is 331 g/mol. The Morgan fingerprint density at radius 3 is 0.778 bits per heavy atom. The molecule has 0 aliphatic rings. The molecule has 0 aromatic carbocycles. The Labute approximate surface area is 109 Å². The summed E-state index contributed by atoms with van der Waals surface area (Å²) in [7, 11) is 0. The molecule has 18 heavy (non-hydrogen) atoms. The molecule has 0 unspecified atom stereocenters. The quantitative estimate of drug-likeness (QED) is 0.236. The topological polar surface area (TPSA) is 345 Å². The third-order valence-corrected chi connectivity index (χ3v) is 0. The molecule has 0 bridgehead atoms. The molecule has 0 aliphatic carbocycles. The molecule has 0 aromatic rings. The van der Waals surface area contributed by atoms with Crippen molar-refractivity contribution in [2.45, 2.75) is 6.92 Å². The van der Waals surface area contributed by atoms with Crippen LogP contribution in [-0.4, -0.2) is 43.0 Å². The van der Waals surface area contributed by atoms with Gasteiger partial charge in [0.25, 0.3) is 0 Å². The minimum Gasteiger partial charge on any atom is -0.412 e. The number of hydrogen-bond acceptors (Lipinski definition) is 7. The van der Waals surface area contributed by atoms with E-state index in [-0.39, 0.29) is 49.3 Å². The van der Waals surface area contributed by atoms with Gasteiger partial charge in [-0.3, -0.25) is 0 Å². The number of rotatable bonds is 0. The van der Waals surface area contributed by atoms with Gasteiger partial charge in [0.2, 0.25) is 0 Å². The molecule has 16 heteroatoms. The van der Waals surface area contributed by atoms with Crippen molar-refractivity contribution in [3.8, 4) is 6.07 Å². The van der Waals surface area contributed by atoms with Crippen molar-refractivity contribution in [2.24, 2.45) is 0 Å². The maximum atomic E-state index is 8.25. The van der Waals surface area contributed by atoms with Crippen molar-refractivity contribution in [2.75, 3.05) is 0 Å². The Hall–Kier alpha value is -1.86. The molecule has 0 saturated heterocycles. The van der Waals surface area contributed by atoms with E-state index in [1.807, 2.05) is 0 Å². The molecule has 0 aromatic heterocycles. The Kier molecular flexibility index (Phi) is 624. The zero-order valence-electron chi connectivity index (χ0n) is 8.61. The van der Waals surface area contributed by atoms with E-state index in [1.165, 1.54) is 6.92 Å². The molecule has 0 saturated carbocycles. The van der Waals surface area contributed by atoms with Crippen molar-refractivity contribution in [3.05, 3.63) is 30.6 Å². The molecule has 0 radical (unpaired) electrons. The van der Waals surface area contributed by atoms with E-state index in [1.54, 1.807) is 6.07 Å². The second-order valence-corrected chi connectivity index (χ2v) is 0.671. The van der Waals surface area contributed by atoms with Gasteiger partial charge in [0, 0.05) is 6.92 Å². The average molecular weight is 332 g/mol. The molecule has 0 heterocycles. The largest absolute Gasteiger partial charge is 2.00 e. The van der Waals surface area contributed by atoms with Crippen molar-refractivity contribution in [1.82, 2.24) is 0 Å². The van der Waals surface area contributed by atoms with Crippen LogP contribution in [0.2, 0.25) is 0 Å². The summed E-state index contributed by atoms with van der Waals surface area (Å²) in [6.45, 7) is 1.43. The third-order valence-electron chi connectivity index (χ3n) is 0. The van der Waals surface area contributed by atoms with Crippen LogP contribution in [0.3, 0.4) is 0 Å². The average Bonchev–Trinajstić information content (AvgIpc) is 1.60. The molecular formula is C2H15N3NiO12. The first-order chi connectivity index (χ1) is 4.88. The van der Waals surface area contributed by atoms with Crippen molar-refractivity contribution >= 4 is 0 Å². The predicted octanol–water partition coefficient (Wildman–Crippen LogP) is -4.90. The van der Waals surface area contributed by atoms with Gasteiger partial charge in [-0.05, 0) is 0 Å². The zero-order chi connectivity index (χ0) is 9.86. The molecule has 0 atom stereocenters. The summed E-state index contributed by atoms with van der Waals surface area (Å²) < 4.78 is 0. The van der Waals surface area contributed by atoms with Gasteiger partial charge in [0.15, 0.2) is 0 Å². The van der Waals surface area contributed by atoms with Gasteiger partial charge in [-0.25, -0.2) is 0 Å². The molecule has 0 spiro atoms. The SMILES string of the molecule is CC#N.O.O.O.O.O.O.O=[N+]([O-])[O-].O=[N+]([O-])[O-].[Ni+2]. The van der Waals surface area contributed by atoms with Crippen LogP contribution >= 0.6 is 0 Å². The minimum absolute atomic E-state index is 0. The van der Waals surface area contributed by atoms with Crippen LogP contribution in [0.4, 0.5) is 0 Å². The van der Waals surface area contributed by atoms with E-state index in [2.05, 4.69) is 0 Å². The summed E-state index contributed by atoms with van der Waals surface area (Å²) in [5.74, 6) is 0. The van der Waals surface area contributed by atoms with E-state index in [0.717, 1.165) is 0 Å². The van der Waals surface area contributed by atoms with Crippen molar-refractivity contribution < 1.29 is 59.5 Å². The number of nitriles is 1. The van der Waals surface area contributed by atoms with Crippen molar-refractivity contribution in [1.29, 1.82) is 5.26 Å². The maximum absolute atomic E-state index is 8.25. The van der Waals surface area contributed by atoms with Crippen molar-refractivity contribution in [3.63, 3.8) is 0 Å². The van der Waals surface area contributed by atoms with E-state index in [9.17, 15) is 0 Å². The Morgan fingerprint density at radius 1 is 0.778 bits per heavy atom. The van der Waals surface area contributed by atoms with Crippen LogP contribution in [0.15, 0.2) is 0 Å². The maximum Gasteiger partial charge on any atom is 2.00 e. The summed E-state index contributed by atoms with van der Waals surface area (Å²) in [5, 5.41) is 36.8. The molecule has 0 fully saturated rings. The molecule has 0 amide bonds. The van der Waals surface area contributed by atoms with Crippen LogP contribution in [0.5, 0.6) is 0 Å². The summed E-state index contributed by atoms with van der Waals surface area (Å²) in [4.78, 5) is 16.5. The van der Waals surface area contributed by atoms with Gasteiger partial charge in [0.1, 0.15) is 0 Å². The van der Waals surface area contributed by atoms with Crippen LogP contribution < -0.4 is 0 Å². The molecule has 15 nitrogen and oxygen atoms in total. The molecule has 0 aliphatic heterocycles. The van der Waals surface area contributed by atoms with E-state index in [4.69, 9.17) is 35.9 Å². The first-order valence-corrected chi connectivity index (χ1v) is 1.82. The second kappa shape index (κ2) is 115. The predicted molar refractivity (Wildman–Crippen MR) is 53.7 cm³/mol. The Bertz CT molecular complexity index is 138. The van der Waals surface area contributed by atoms with Gasteiger partial charge in [-0.15, -0.1) is 0 Å². The van der Waals surface area contributed by atoms with Crippen LogP contribution in [-0.2, 0) is 16.5 Å². The van der Waals surface area contributed by atoms with E-state index >= 15 is 0 Å². The summed E-state index contributed by atoms with van der Waals surface area (Å²) in [6, 6.07) is 1.75. The minimum atomic E-state index is -1.75. The number of hydrogen-bond donors (Lipinski definition) is 0. The molecule has 12 N–H and O–H groups in total. The molecule has 120 valence electrons. The molecular weight excluding hydrogens is 317 g/mol. The number of nitrogens with zero attached hydrogens (tertiary/aromatic N) is 3. The fraction of sp³-hybridized carbons (Fsp3) is 0.500. The smallest absolute Gasteiger partial charge is 0.412 e. The van der Waals surface area contributed by atoms with Gasteiger partial charge in [-0.1, -0.05) is 0 Å². The Morgan fingerprint density at radius 2 is 0.778 bits per heavy atom. The van der Waals surface area contributed by atoms with Gasteiger partial charge < -0.3 is 63.5 Å². The molecule has 0 rings (SSSR count). The summed E-state index contributed by atoms with van der Waals surface area (Å²) in [5.41, 5.74) is 0. The standard InChI is InChI=1S/C2H3N.2NO3.Ni.6H2O/c1-2-3;2*2-1(3)4;;;;;;;/h1H3;;;;6*1H2/q;2*-1;+2;;;;;;. The van der Waals surface area contributed by atoms with Gasteiger partial charge >= 0.3 is 16.5 Å². The Balaban J connectivity index is -0.00000000562. The normalized spacial score (nSPS) is 3.11. The summed E-state index contributed by atoms with van der Waals surface area (Å²) >= 11 is 0. The third kappa shape index (κ3) is 709. The van der Waals surface area contributed by atoms with E-state index in [0.29, 0.717) is 0 Å². The zero-order valence-corrected chi connectivity index (χ0v) is 9.59. The van der Waals surface area contributed by atoms with Gasteiger partial charge in [0.05, 0.1) is 16.2 Å². The summed E-state index contributed by atoms with van der Waals surface area (Å²) in [6.07, 6.45) is 0. The fourth-order valence-corrected chi connectivity index (χ4v) is 0. The second-order valence-electron chi connectivity index (χ2n) is 0.671. The van der Waals surface area contributed by atoms with Crippen LogP contribution in [0.25, 0.3) is 0 Å².